The van der Waals surface area contributed by atoms with Gasteiger partial charge in [0.1, 0.15) is 18.4 Å². The number of aromatic nitrogens is 1. The molecule has 3 heterocycles. The van der Waals surface area contributed by atoms with Crippen LogP contribution in [0.2, 0.25) is 0 Å². The zero-order valence-electron chi connectivity index (χ0n) is 17.4. The minimum atomic E-state index is -0.202. The Morgan fingerprint density at radius 1 is 1.27 bits per heavy atom. The Kier molecular flexibility index (Phi) is 6.03. The van der Waals surface area contributed by atoms with Crippen LogP contribution in [-0.4, -0.2) is 59.5 Å². The summed E-state index contributed by atoms with van der Waals surface area (Å²) in [5.41, 5.74) is 2.61. The number of likely N-dealkylation sites (tertiary alicyclic amines) is 1. The summed E-state index contributed by atoms with van der Waals surface area (Å²) in [7, 11) is 1.44. The van der Waals surface area contributed by atoms with E-state index in [0.717, 1.165) is 42.7 Å². The maximum Gasteiger partial charge on any atom is 0.323 e. The molecule has 2 aliphatic heterocycles. The van der Waals surface area contributed by atoms with Gasteiger partial charge < -0.3 is 18.8 Å². The molecule has 1 unspecified atom stereocenters. The highest BCUT2D eigenvalue weighted by Gasteiger charge is 2.30. The number of oxazole rings is 1. The average Bonchev–Trinajstić information content (AvgIpc) is 3.07. The number of piperidine rings is 1. The quantitative estimate of drug-likeness (QED) is 0.712. The fourth-order valence-corrected chi connectivity index (χ4v) is 4.19. The van der Waals surface area contributed by atoms with Crippen molar-refractivity contribution >= 4 is 11.9 Å². The number of carbonyl (C=O) groups excluding carboxylic acids is 2. The Hall–Kier alpha value is -2.87. The second-order valence-electron chi connectivity index (χ2n) is 7.79. The number of methoxy groups -OCH3 is 1. The molecular formula is C22H27N3O5. The summed E-state index contributed by atoms with van der Waals surface area (Å²) < 4.78 is 16.1. The van der Waals surface area contributed by atoms with E-state index in [1.165, 1.54) is 13.5 Å². The van der Waals surface area contributed by atoms with Crippen molar-refractivity contribution in [2.24, 2.45) is 0 Å². The van der Waals surface area contributed by atoms with Crippen molar-refractivity contribution in [2.75, 3.05) is 26.8 Å². The van der Waals surface area contributed by atoms with E-state index in [9.17, 15) is 9.59 Å². The largest absolute Gasteiger partial charge is 0.491 e. The van der Waals surface area contributed by atoms with Gasteiger partial charge in [-0.1, -0.05) is 12.5 Å². The summed E-state index contributed by atoms with van der Waals surface area (Å²) >= 11 is 0. The summed E-state index contributed by atoms with van der Waals surface area (Å²) in [6.45, 7) is 4.60. The zero-order chi connectivity index (χ0) is 21.1. The van der Waals surface area contributed by atoms with Crippen LogP contribution in [-0.2, 0) is 22.6 Å². The number of benzene rings is 1. The minimum Gasteiger partial charge on any atom is -0.491 e. The van der Waals surface area contributed by atoms with E-state index >= 15 is 0 Å². The number of hydrogen-bond donors (Lipinski definition) is 0. The topological polar surface area (TPSA) is 85.1 Å². The van der Waals surface area contributed by atoms with E-state index in [1.54, 1.807) is 11.8 Å². The molecular weight excluding hydrogens is 386 g/mol. The van der Waals surface area contributed by atoms with E-state index in [1.807, 2.05) is 12.1 Å². The predicted molar refractivity (Wildman–Crippen MR) is 108 cm³/mol. The lowest BCUT2D eigenvalue weighted by Gasteiger charge is -2.33. The Morgan fingerprint density at radius 3 is 2.90 bits per heavy atom. The highest BCUT2D eigenvalue weighted by molar-refractivity contribution is 5.92. The first-order chi connectivity index (χ1) is 14.6. The molecule has 160 valence electrons. The third-order valence-corrected chi connectivity index (χ3v) is 5.80. The first-order valence-corrected chi connectivity index (χ1v) is 10.3. The van der Waals surface area contributed by atoms with Gasteiger partial charge in [-0.2, -0.15) is 0 Å². The maximum absolute atomic E-state index is 12.9. The number of hydrogen-bond acceptors (Lipinski definition) is 7. The van der Waals surface area contributed by atoms with Gasteiger partial charge in [0.05, 0.1) is 19.3 Å². The number of fused-ring (bicyclic) bond motifs is 1. The fourth-order valence-electron chi connectivity index (χ4n) is 4.19. The van der Waals surface area contributed by atoms with Crippen LogP contribution in [0.25, 0.3) is 0 Å². The molecule has 4 rings (SSSR count). The molecule has 1 fully saturated rings. The smallest absolute Gasteiger partial charge is 0.323 e. The number of carbonyl (C=O) groups is 2. The number of aryl methyl sites for hydroxylation is 1. The van der Waals surface area contributed by atoms with Gasteiger partial charge in [0.2, 0.25) is 5.76 Å². The Balaban J connectivity index is 1.52. The lowest BCUT2D eigenvalue weighted by atomic mass is 10.0. The third-order valence-electron chi connectivity index (χ3n) is 5.80. The van der Waals surface area contributed by atoms with Gasteiger partial charge in [0.25, 0.3) is 5.91 Å². The van der Waals surface area contributed by atoms with Crippen LogP contribution in [0.3, 0.4) is 0 Å². The summed E-state index contributed by atoms with van der Waals surface area (Å²) in [4.78, 5) is 33.0. The minimum absolute atomic E-state index is 0.174. The first kappa shape index (κ1) is 20.4. The van der Waals surface area contributed by atoms with Crippen LogP contribution in [0.4, 0.5) is 0 Å². The SMILES string of the molecule is COC(=O)C1CCCCN1Cc1ccc2c(c1)CN(C(=O)c1ocnc1C)CCO2. The highest BCUT2D eigenvalue weighted by Crippen LogP contribution is 2.27. The number of amides is 1. The summed E-state index contributed by atoms with van der Waals surface area (Å²) in [5, 5.41) is 0. The molecule has 2 aromatic rings. The molecule has 1 amide bonds. The van der Waals surface area contributed by atoms with Crippen LogP contribution in [0.5, 0.6) is 5.75 Å². The number of ether oxygens (including phenoxy) is 2. The molecule has 1 aromatic heterocycles. The standard InChI is InChI=1S/C22H27N3O5/c1-15-20(30-14-23-15)21(26)25-9-10-29-19-7-6-16(11-17(19)13-25)12-24-8-4-3-5-18(24)22(27)28-2/h6-7,11,14,18H,3-5,8-10,12-13H2,1-2H3. The first-order valence-electron chi connectivity index (χ1n) is 10.3. The number of rotatable bonds is 4. The molecule has 0 radical (unpaired) electrons. The van der Waals surface area contributed by atoms with Crippen molar-refractivity contribution in [1.82, 2.24) is 14.8 Å². The van der Waals surface area contributed by atoms with Crippen LogP contribution in [0, 0.1) is 6.92 Å². The van der Waals surface area contributed by atoms with Gasteiger partial charge in [-0.25, -0.2) is 4.98 Å². The molecule has 1 aromatic carbocycles. The Bertz CT molecular complexity index is 925. The molecule has 2 aliphatic rings. The summed E-state index contributed by atoms with van der Waals surface area (Å²) in [5.74, 6) is 0.691. The molecule has 0 saturated carbocycles. The normalized spacial score (nSPS) is 19.5. The summed E-state index contributed by atoms with van der Waals surface area (Å²) in [6.07, 6.45) is 4.21. The van der Waals surface area contributed by atoms with E-state index in [2.05, 4.69) is 16.0 Å². The number of nitrogens with zero attached hydrogens (tertiary/aromatic N) is 3. The molecule has 1 atom stereocenters. The molecule has 30 heavy (non-hydrogen) atoms. The monoisotopic (exact) mass is 413 g/mol. The second-order valence-corrected chi connectivity index (χ2v) is 7.79. The molecule has 1 saturated heterocycles. The van der Waals surface area contributed by atoms with Gasteiger partial charge in [-0.15, -0.1) is 0 Å². The second kappa shape index (κ2) is 8.87. The number of esters is 1. The van der Waals surface area contributed by atoms with Gasteiger partial charge in [0, 0.05) is 18.7 Å². The fraction of sp³-hybridized carbons (Fsp3) is 0.500. The Labute approximate surface area is 175 Å². The molecule has 0 bridgehead atoms. The van der Waals surface area contributed by atoms with Crippen LogP contribution in [0.15, 0.2) is 29.0 Å². The average molecular weight is 413 g/mol. The van der Waals surface area contributed by atoms with Crippen molar-refractivity contribution in [3.05, 3.63) is 47.2 Å². The van der Waals surface area contributed by atoms with Crippen molar-refractivity contribution in [3.63, 3.8) is 0 Å². The highest BCUT2D eigenvalue weighted by atomic mass is 16.5. The third kappa shape index (κ3) is 4.18. The van der Waals surface area contributed by atoms with Gasteiger partial charge in [-0.3, -0.25) is 14.5 Å². The van der Waals surface area contributed by atoms with E-state index in [0.29, 0.717) is 31.9 Å². The molecule has 0 spiro atoms. The van der Waals surface area contributed by atoms with Crippen molar-refractivity contribution in [3.8, 4) is 5.75 Å². The predicted octanol–water partition coefficient (Wildman–Crippen LogP) is 2.55. The van der Waals surface area contributed by atoms with E-state index in [4.69, 9.17) is 13.9 Å². The molecule has 0 N–H and O–H groups in total. The van der Waals surface area contributed by atoms with Crippen molar-refractivity contribution in [1.29, 1.82) is 0 Å². The van der Waals surface area contributed by atoms with Gasteiger partial charge in [-0.05, 0) is 44.0 Å². The lowest BCUT2D eigenvalue weighted by Crippen LogP contribution is -2.44. The van der Waals surface area contributed by atoms with Crippen molar-refractivity contribution < 1.29 is 23.5 Å². The van der Waals surface area contributed by atoms with Gasteiger partial charge >= 0.3 is 5.97 Å². The van der Waals surface area contributed by atoms with Crippen molar-refractivity contribution in [2.45, 2.75) is 45.3 Å². The van der Waals surface area contributed by atoms with Crippen LogP contribution >= 0.6 is 0 Å². The summed E-state index contributed by atoms with van der Waals surface area (Å²) in [6, 6.07) is 5.85. The molecule has 8 nitrogen and oxygen atoms in total. The van der Waals surface area contributed by atoms with Crippen LogP contribution in [0.1, 0.15) is 46.6 Å². The van der Waals surface area contributed by atoms with Crippen LogP contribution < -0.4 is 4.74 Å². The zero-order valence-corrected chi connectivity index (χ0v) is 17.4. The molecule has 8 heteroatoms. The molecule has 0 aliphatic carbocycles. The van der Waals surface area contributed by atoms with E-state index < -0.39 is 0 Å². The Morgan fingerprint density at radius 2 is 2.13 bits per heavy atom. The van der Waals surface area contributed by atoms with Gasteiger partial charge in [0.15, 0.2) is 6.39 Å². The van der Waals surface area contributed by atoms with E-state index in [-0.39, 0.29) is 23.7 Å². The lowest BCUT2D eigenvalue weighted by molar-refractivity contribution is -0.148. The maximum atomic E-state index is 12.9.